The Kier molecular flexibility index (Phi) is 7.45. The predicted molar refractivity (Wildman–Crippen MR) is 116 cm³/mol. The second-order valence-corrected chi connectivity index (χ2v) is 8.16. The third-order valence-electron chi connectivity index (χ3n) is 5.81. The quantitative estimate of drug-likeness (QED) is 0.724. The Labute approximate surface area is 174 Å². The number of benzene rings is 2. The summed E-state index contributed by atoms with van der Waals surface area (Å²) in [4.78, 5) is 27.7. The minimum absolute atomic E-state index is 0.0171. The van der Waals surface area contributed by atoms with Gasteiger partial charge in [0.05, 0.1) is 0 Å². The molecular weight excluding hydrogens is 360 g/mol. The second-order valence-electron chi connectivity index (χ2n) is 8.16. The van der Waals surface area contributed by atoms with E-state index in [1.807, 2.05) is 68.4 Å². The van der Waals surface area contributed by atoms with Crippen molar-refractivity contribution in [3.05, 3.63) is 71.3 Å². The maximum atomic E-state index is 13.1. The van der Waals surface area contributed by atoms with Gasteiger partial charge in [-0.25, -0.2) is 0 Å². The van der Waals surface area contributed by atoms with Crippen LogP contribution in [0.5, 0.6) is 0 Å². The van der Waals surface area contributed by atoms with E-state index >= 15 is 0 Å². The average molecular weight is 393 g/mol. The van der Waals surface area contributed by atoms with Crippen LogP contribution in [0.25, 0.3) is 0 Å². The molecule has 1 aliphatic carbocycles. The SMILES string of the molecule is Cc1ccc(CN(C(=O)CCc2ccccc2)C(C)C(=O)NC2CCCC2)cc1. The van der Waals surface area contributed by atoms with Crippen molar-refractivity contribution in [2.24, 2.45) is 0 Å². The van der Waals surface area contributed by atoms with Gasteiger partial charge in [-0.05, 0) is 44.2 Å². The minimum atomic E-state index is -0.486. The summed E-state index contributed by atoms with van der Waals surface area (Å²) in [6, 6.07) is 18.0. The number of hydrogen-bond acceptors (Lipinski definition) is 2. The standard InChI is InChI=1S/C25H32N2O2/c1-19-12-14-22(15-13-19)18-27(20(2)25(29)26-23-10-6-7-11-23)24(28)17-16-21-8-4-3-5-9-21/h3-5,8-9,12-15,20,23H,6-7,10-11,16-18H2,1-2H3,(H,26,29). The number of rotatable bonds is 8. The lowest BCUT2D eigenvalue weighted by Gasteiger charge is -2.30. The van der Waals surface area contributed by atoms with Crippen LogP contribution in [-0.4, -0.2) is 28.8 Å². The molecule has 0 radical (unpaired) electrons. The van der Waals surface area contributed by atoms with Crippen LogP contribution in [0.2, 0.25) is 0 Å². The van der Waals surface area contributed by atoms with E-state index in [2.05, 4.69) is 5.32 Å². The molecule has 1 N–H and O–H groups in total. The molecule has 0 heterocycles. The fourth-order valence-corrected chi connectivity index (χ4v) is 3.90. The molecule has 0 bridgehead atoms. The summed E-state index contributed by atoms with van der Waals surface area (Å²) in [5.74, 6) is -0.0272. The highest BCUT2D eigenvalue weighted by Crippen LogP contribution is 2.19. The number of carbonyl (C=O) groups is 2. The zero-order valence-electron chi connectivity index (χ0n) is 17.6. The maximum Gasteiger partial charge on any atom is 0.242 e. The lowest BCUT2D eigenvalue weighted by molar-refractivity contribution is -0.140. The van der Waals surface area contributed by atoms with Gasteiger partial charge < -0.3 is 10.2 Å². The van der Waals surface area contributed by atoms with E-state index in [1.165, 1.54) is 18.4 Å². The Bertz CT molecular complexity index is 795. The van der Waals surface area contributed by atoms with E-state index in [1.54, 1.807) is 4.90 Å². The van der Waals surface area contributed by atoms with Crippen molar-refractivity contribution in [3.8, 4) is 0 Å². The number of carbonyl (C=O) groups excluding carboxylic acids is 2. The summed E-state index contributed by atoms with van der Waals surface area (Å²) >= 11 is 0. The molecule has 1 unspecified atom stereocenters. The Balaban J connectivity index is 1.69. The Hall–Kier alpha value is -2.62. The Morgan fingerprint density at radius 3 is 2.31 bits per heavy atom. The average Bonchev–Trinajstić information content (AvgIpc) is 3.25. The molecule has 0 aromatic heterocycles. The maximum absolute atomic E-state index is 13.1. The van der Waals surface area contributed by atoms with E-state index in [0.717, 1.165) is 24.0 Å². The molecule has 1 aliphatic rings. The van der Waals surface area contributed by atoms with E-state index in [-0.39, 0.29) is 17.9 Å². The molecule has 2 aromatic rings. The van der Waals surface area contributed by atoms with Gasteiger partial charge in [0, 0.05) is 19.0 Å². The summed E-state index contributed by atoms with van der Waals surface area (Å²) in [5.41, 5.74) is 3.37. The van der Waals surface area contributed by atoms with Crippen molar-refractivity contribution in [3.63, 3.8) is 0 Å². The zero-order valence-corrected chi connectivity index (χ0v) is 17.6. The summed E-state index contributed by atoms with van der Waals surface area (Å²) < 4.78 is 0. The lowest BCUT2D eigenvalue weighted by atomic mass is 10.1. The number of nitrogens with zero attached hydrogens (tertiary/aromatic N) is 1. The molecule has 0 spiro atoms. The van der Waals surface area contributed by atoms with Crippen molar-refractivity contribution in [1.29, 1.82) is 0 Å². The summed E-state index contributed by atoms with van der Waals surface area (Å²) in [5, 5.41) is 3.15. The summed E-state index contributed by atoms with van der Waals surface area (Å²) in [7, 11) is 0. The van der Waals surface area contributed by atoms with Crippen molar-refractivity contribution >= 4 is 11.8 Å². The van der Waals surface area contributed by atoms with Crippen molar-refractivity contribution < 1.29 is 9.59 Å². The predicted octanol–water partition coefficient (Wildman–Crippen LogP) is 4.40. The van der Waals surface area contributed by atoms with Gasteiger partial charge in [0.2, 0.25) is 11.8 Å². The fourth-order valence-electron chi connectivity index (χ4n) is 3.90. The number of amides is 2. The second kappa shape index (κ2) is 10.2. The van der Waals surface area contributed by atoms with Gasteiger partial charge in [-0.15, -0.1) is 0 Å². The van der Waals surface area contributed by atoms with Crippen LogP contribution < -0.4 is 5.32 Å². The first kappa shape index (κ1) is 21.1. The van der Waals surface area contributed by atoms with Crippen LogP contribution in [0.1, 0.15) is 55.7 Å². The van der Waals surface area contributed by atoms with Crippen LogP contribution in [0, 0.1) is 6.92 Å². The minimum Gasteiger partial charge on any atom is -0.352 e. The zero-order chi connectivity index (χ0) is 20.6. The van der Waals surface area contributed by atoms with Crippen molar-refractivity contribution in [2.45, 2.75) is 71.0 Å². The van der Waals surface area contributed by atoms with Gasteiger partial charge in [0.1, 0.15) is 6.04 Å². The largest absolute Gasteiger partial charge is 0.352 e. The van der Waals surface area contributed by atoms with Gasteiger partial charge >= 0.3 is 0 Å². The first-order chi connectivity index (χ1) is 14.0. The Morgan fingerprint density at radius 1 is 1.00 bits per heavy atom. The molecule has 3 rings (SSSR count). The summed E-state index contributed by atoms with van der Waals surface area (Å²) in [6.45, 7) is 4.34. The lowest BCUT2D eigenvalue weighted by Crippen LogP contribution is -2.49. The molecule has 4 heteroatoms. The molecule has 2 aromatic carbocycles. The van der Waals surface area contributed by atoms with Crippen molar-refractivity contribution in [1.82, 2.24) is 10.2 Å². The van der Waals surface area contributed by atoms with E-state index in [0.29, 0.717) is 19.4 Å². The highest BCUT2D eigenvalue weighted by molar-refractivity contribution is 5.87. The van der Waals surface area contributed by atoms with Gasteiger partial charge in [-0.2, -0.15) is 0 Å². The van der Waals surface area contributed by atoms with Crippen LogP contribution in [0.15, 0.2) is 54.6 Å². The van der Waals surface area contributed by atoms with Gasteiger partial charge in [-0.3, -0.25) is 9.59 Å². The van der Waals surface area contributed by atoms with E-state index in [4.69, 9.17) is 0 Å². The molecule has 2 amide bonds. The van der Waals surface area contributed by atoms with Gasteiger partial charge in [0.25, 0.3) is 0 Å². The molecule has 0 saturated heterocycles. The first-order valence-corrected chi connectivity index (χ1v) is 10.7. The number of hydrogen-bond donors (Lipinski definition) is 1. The number of aryl methyl sites for hydroxylation is 2. The molecule has 154 valence electrons. The van der Waals surface area contributed by atoms with Crippen LogP contribution in [-0.2, 0) is 22.6 Å². The van der Waals surface area contributed by atoms with Crippen LogP contribution >= 0.6 is 0 Å². The smallest absolute Gasteiger partial charge is 0.242 e. The molecule has 0 aliphatic heterocycles. The van der Waals surface area contributed by atoms with Crippen LogP contribution in [0.4, 0.5) is 0 Å². The topological polar surface area (TPSA) is 49.4 Å². The third kappa shape index (κ3) is 6.18. The highest BCUT2D eigenvalue weighted by atomic mass is 16.2. The van der Waals surface area contributed by atoms with Crippen molar-refractivity contribution in [2.75, 3.05) is 0 Å². The monoisotopic (exact) mass is 392 g/mol. The normalized spacial score (nSPS) is 15.1. The first-order valence-electron chi connectivity index (χ1n) is 10.7. The highest BCUT2D eigenvalue weighted by Gasteiger charge is 2.28. The summed E-state index contributed by atoms with van der Waals surface area (Å²) in [6.07, 6.45) is 5.50. The van der Waals surface area contributed by atoms with Gasteiger partial charge in [0.15, 0.2) is 0 Å². The molecule has 29 heavy (non-hydrogen) atoms. The van der Waals surface area contributed by atoms with E-state index < -0.39 is 6.04 Å². The molecule has 1 fully saturated rings. The molecule has 1 atom stereocenters. The fraction of sp³-hybridized carbons (Fsp3) is 0.440. The number of nitrogens with one attached hydrogen (secondary N) is 1. The third-order valence-corrected chi connectivity index (χ3v) is 5.81. The molecular formula is C25H32N2O2. The van der Waals surface area contributed by atoms with Gasteiger partial charge in [-0.1, -0.05) is 73.0 Å². The molecule has 4 nitrogen and oxygen atoms in total. The van der Waals surface area contributed by atoms with E-state index in [9.17, 15) is 9.59 Å². The Morgan fingerprint density at radius 2 is 1.66 bits per heavy atom. The molecule has 1 saturated carbocycles. The van der Waals surface area contributed by atoms with Crippen LogP contribution in [0.3, 0.4) is 0 Å².